The summed E-state index contributed by atoms with van der Waals surface area (Å²) in [5.74, 6) is -0.122. The van der Waals surface area contributed by atoms with Gasteiger partial charge in [0.25, 0.3) is 5.91 Å². The number of anilines is 2. The molecule has 0 spiro atoms. The number of H-pyrrole nitrogens is 1. The highest BCUT2D eigenvalue weighted by Gasteiger charge is 2.14. The molecule has 0 saturated heterocycles. The van der Waals surface area contributed by atoms with Crippen LogP contribution in [0.15, 0.2) is 22.8 Å². The van der Waals surface area contributed by atoms with Gasteiger partial charge in [-0.25, -0.2) is 0 Å². The Kier molecular flexibility index (Phi) is 3.58. The lowest BCUT2D eigenvalue weighted by atomic mass is 10.2. The van der Waals surface area contributed by atoms with Crippen LogP contribution in [0.4, 0.5) is 11.5 Å². The number of nitrogens with two attached hydrogens (primary N) is 1. The fourth-order valence-electron chi connectivity index (χ4n) is 1.41. The van der Waals surface area contributed by atoms with Crippen LogP contribution in [0.25, 0.3) is 0 Å². The SMILES string of the molecule is Cc1cc(Br)c(NC(=O)c2cn[nH]c2N)cc1Cl. The quantitative estimate of drug-likeness (QED) is 0.792. The number of nitrogens with zero attached hydrogens (tertiary/aromatic N) is 1. The molecule has 5 nitrogen and oxygen atoms in total. The van der Waals surface area contributed by atoms with Crippen LogP contribution >= 0.6 is 27.5 Å². The summed E-state index contributed by atoms with van der Waals surface area (Å²) >= 11 is 9.37. The van der Waals surface area contributed by atoms with E-state index in [0.29, 0.717) is 16.3 Å². The Balaban J connectivity index is 2.28. The van der Waals surface area contributed by atoms with E-state index >= 15 is 0 Å². The molecule has 94 valence electrons. The van der Waals surface area contributed by atoms with E-state index in [1.54, 1.807) is 6.07 Å². The van der Waals surface area contributed by atoms with Gasteiger partial charge in [0.15, 0.2) is 0 Å². The monoisotopic (exact) mass is 328 g/mol. The number of aryl methyl sites for hydroxylation is 1. The van der Waals surface area contributed by atoms with Crippen LogP contribution in [0.3, 0.4) is 0 Å². The second kappa shape index (κ2) is 4.99. The molecule has 0 radical (unpaired) electrons. The minimum absolute atomic E-state index is 0.224. The fourth-order valence-corrected chi connectivity index (χ4v) is 2.13. The zero-order valence-corrected chi connectivity index (χ0v) is 11.8. The number of carbonyl (C=O) groups excluding carboxylic acids is 1. The zero-order valence-electron chi connectivity index (χ0n) is 9.42. The van der Waals surface area contributed by atoms with Crippen LogP contribution in [0, 0.1) is 6.92 Å². The third-order valence-electron chi connectivity index (χ3n) is 2.41. The summed E-state index contributed by atoms with van der Waals surface area (Å²) in [5.41, 5.74) is 7.36. The van der Waals surface area contributed by atoms with Gasteiger partial charge in [-0.1, -0.05) is 11.6 Å². The van der Waals surface area contributed by atoms with Gasteiger partial charge in [0.05, 0.1) is 11.9 Å². The number of aromatic nitrogens is 2. The first-order valence-corrected chi connectivity index (χ1v) is 6.22. The Labute approximate surface area is 117 Å². The first kappa shape index (κ1) is 12.9. The average molecular weight is 330 g/mol. The van der Waals surface area contributed by atoms with Crippen molar-refractivity contribution in [2.45, 2.75) is 6.92 Å². The number of hydrogen-bond donors (Lipinski definition) is 3. The average Bonchev–Trinajstić information content (AvgIpc) is 2.72. The van der Waals surface area contributed by atoms with Crippen molar-refractivity contribution >= 4 is 44.9 Å². The van der Waals surface area contributed by atoms with Crippen molar-refractivity contribution in [2.75, 3.05) is 11.1 Å². The van der Waals surface area contributed by atoms with Crippen LogP contribution < -0.4 is 11.1 Å². The van der Waals surface area contributed by atoms with Crippen molar-refractivity contribution in [1.82, 2.24) is 10.2 Å². The van der Waals surface area contributed by atoms with Crippen molar-refractivity contribution in [2.24, 2.45) is 0 Å². The van der Waals surface area contributed by atoms with E-state index in [1.165, 1.54) is 6.20 Å². The highest BCUT2D eigenvalue weighted by atomic mass is 79.9. The van der Waals surface area contributed by atoms with Gasteiger partial charge in [-0.05, 0) is 40.5 Å². The lowest BCUT2D eigenvalue weighted by Gasteiger charge is -2.09. The number of nitrogens with one attached hydrogen (secondary N) is 2. The molecule has 4 N–H and O–H groups in total. The number of nitrogen functional groups attached to an aromatic ring is 1. The molecule has 0 saturated carbocycles. The van der Waals surface area contributed by atoms with Gasteiger partial charge in [0.1, 0.15) is 11.4 Å². The summed E-state index contributed by atoms with van der Waals surface area (Å²) in [6.07, 6.45) is 1.37. The van der Waals surface area contributed by atoms with Crippen LogP contribution in [0.1, 0.15) is 15.9 Å². The minimum Gasteiger partial charge on any atom is -0.383 e. The van der Waals surface area contributed by atoms with Gasteiger partial charge >= 0.3 is 0 Å². The van der Waals surface area contributed by atoms with Crippen molar-refractivity contribution < 1.29 is 4.79 Å². The summed E-state index contributed by atoms with van der Waals surface area (Å²) in [6, 6.07) is 3.51. The third kappa shape index (κ3) is 2.49. The van der Waals surface area contributed by atoms with Gasteiger partial charge < -0.3 is 11.1 Å². The van der Waals surface area contributed by atoms with Crippen molar-refractivity contribution in [3.8, 4) is 0 Å². The molecular weight excluding hydrogens is 320 g/mol. The Morgan fingerprint density at radius 3 is 2.89 bits per heavy atom. The van der Waals surface area contributed by atoms with Crippen LogP contribution in [-0.2, 0) is 0 Å². The molecule has 1 aromatic heterocycles. The van der Waals surface area contributed by atoms with Gasteiger partial charge in [0, 0.05) is 9.50 Å². The van der Waals surface area contributed by atoms with E-state index in [1.807, 2.05) is 13.0 Å². The molecule has 1 heterocycles. The number of aromatic amines is 1. The Morgan fingerprint density at radius 1 is 1.56 bits per heavy atom. The number of halogens is 2. The van der Waals surface area contributed by atoms with E-state index in [2.05, 4.69) is 31.4 Å². The van der Waals surface area contributed by atoms with E-state index in [-0.39, 0.29) is 11.7 Å². The smallest absolute Gasteiger partial charge is 0.261 e. The van der Waals surface area contributed by atoms with E-state index in [4.69, 9.17) is 17.3 Å². The molecule has 0 aliphatic carbocycles. The zero-order chi connectivity index (χ0) is 13.3. The molecule has 0 bridgehead atoms. The predicted octanol–water partition coefficient (Wildman–Crippen LogP) is 2.97. The molecule has 18 heavy (non-hydrogen) atoms. The second-order valence-electron chi connectivity index (χ2n) is 3.73. The molecule has 0 aliphatic heterocycles. The lowest BCUT2D eigenvalue weighted by Crippen LogP contribution is -2.13. The highest BCUT2D eigenvalue weighted by molar-refractivity contribution is 9.10. The van der Waals surface area contributed by atoms with E-state index in [9.17, 15) is 4.79 Å². The lowest BCUT2D eigenvalue weighted by molar-refractivity contribution is 0.102. The van der Waals surface area contributed by atoms with Crippen LogP contribution in [-0.4, -0.2) is 16.1 Å². The number of benzene rings is 1. The third-order valence-corrected chi connectivity index (χ3v) is 3.47. The number of amides is 1. The Hall–Kier alpha value is -1.53. The van der Waals surface area contributed by atoms with Crippen molar-refractivity contribution in [3.05, 3.63) is 39.0 Å². The van der Waals surface area contributed by atoms with Gasteiger partial charge in [0.2, 0.25) is 0 Å². The Morgan fingerprint density at radius 2 is 2.28 bits per heavy atom. The molecule has 7 heteroatoms. The largest absolute Gasteiger partial charge is 0.383 e. The standard InChI is InChI=1S/C11H10BrClN4O/c1-5-2-7(12)9(3-8(5)13)16-11(18)6-4-15-17-10(6)14/h2-4H,1H3,(H,16,18)(H3,14,15,17). The maximum Gasteiger partial charge on any atom is 0.261 e. The second-order valence-corrected chi connectivity index (χ2v) is 4.99. The first-order valence-electron chi connectivity index (χ1n) is 5.05. The molecule has 0 atom stereocenters. The molecular formula is C11H10BrClN4O. The summed E-state index contributed by atoms with van der Waals surface area (Å²) in [4.78, 5) is 11.9. The summed E-state index contributed by atoms with van der Waals surface area (Å²) in [5, 5.41) is 9.48. The molecule has 2 rings (SSSR count). The van der Waals surface area contributed by atoms with Crippen molar-refractivity contribution in [3.63, 3.8) is 0 Å². The topological polar surface area (TPSA) is 83.8 Å². The van der Waals surface area contributed by atoms with Crippen LogP contribution in [0.5, 0.6) is 0 Å². The van der Waals surface area contributed by atoms with E-state index < -0.39 is 0 Å². The van der Waals surface area contributed by atoms with Crippen molar-refractivity contribution in [1.29, 1.82) is 0 Å². The maximum absolute atomic E-state index is 11.9. The molecule has 1 amide bonds. The molecule has 0 fully saturated rings. The number of hydrogen-bond acceptors (Lipinski definition) is 3. The molecule has 2 aromatic rings. The predicted molar refractivity (Wildman–Crippen MR) is 74.8 cm³/mol. The van der Waals surface area contributed by atoms with Gasteiger partial charge in [-0.15, -0.1) is 0 Å². The Bertz CT molecular complexity index is 611. The molecule has 0 unspecified atom stereocenters. The number of rotatable bonds is 2. The molecule has 0 aliphatic rings. The first-order chi connectivity index (χ1) is 8.49. The number of carbonyl (C=O) groups is 1. The summed E-state index contributed by atoms with van der Waals surface area (Å²) in [6.45, 7) is 1.88. The van der Waals surface area contributed by atoms with E-state index in [0.717, 1.165) is 10.0 Å². The van der Waals surface area contributed by atoms with Crippen LogP contribution in [0.2, 0.25) is 5.02 Å². The summed E-state index contributed by atoms with van der Waals surface area (Å²) in [7, 11) is 0. The minimum atomic E-state index is -0.345. The highest BCUT2D eigenvalue weighted by Crippen LogP contribution is 2.29. The maximum atomic E-state index is 11.9. The van der Waals surface area contributed by atoms with Gasteiger partial charge in [-0.3, -0.25) is 9.89 Å². The normalized spacial score (nSPS) is 10.4. The van der Waals surface area contributed by atoms with Gasteiger partial charge in [-0.2, -0.15) is 5.10 Å². The summed E-state index contributed by atoms with van der Waals surface area (Å²) < 4.78 is 0.750. The molecule has 1 aromatic carbocycles. The fraction of sp³-hybridized carbons (Fsp3) is 0.0909.